The molecule has 8 heteroatoms. The van der Waals surface area contributed by atoms with Crippen molar-refractivity contribution in [3.05, 3.63) is 24.3 Å². The Morgan fingerprint density at radius 3 is 2.40 bits per heavy atom. The van der Waals surface area contributed by atoms with Gasteiger partial charge in [0.1, 0.15) is 6.10 Å². The van der Waals surface area contributed by atoms with Crippen LogP contribution < -0.4 is 0 Å². The van der Waals surface area contributed by atoms with Crippen LogP contribution in [0.1, 0.15) is 103 Å². The largest absolute Gasteiger partial charge is 0.469 e. The zero-order valence-electron chi connectivity index (χ0n) is 24.7. The van der Waals surface area contributed by atoms with Gasteiger partial charge in [-0.25, -0.2) is 0 Å². The van der Waals surface area contributed by atoms with Crippen molar-refractivity contribution < 1.29 is 38.0 Å². The Balaban J connectivity index is 1.72. The third-order valence-corrected chi connectivity index (χ3v) is 8.24. The molecule has 0 N–H and O–H groups in total. The number of carbonyl (C=O) groups is 2. The van der Waals surface area contributed by atoms with Crippen LogP contribution in [-0.4, -0.2) is 63.7 Å². The van der Waals surface area contributed by atoms with Crippen LogP contribution in [0.4, 0.5) is 0 Å². The summed E-state index contributed by atoms with van der Waals surface area (Å²) in [4.78, 5) is 22.8. The first-order chi connectivity index (χ1) is 19.6. The standard InChI is InChI=1S/C32H52O8/c1-3-4-7-14-25(39-31-17-10-12-21-36-31)19-20-27-26(15-8-5-6-9-16-30(34)35-2)28(38-24-33)23-29(27)40-32-18-11-13-22-37-32/h5-6,19-20,24-29,31-32H,3-4,7-18,21-23H2,1-2H3/t25?,26-,27-,28?,29?,31?,32?/m1/s1. The average Bonchev–Trinajstić information content (AvgIpc) is 3.29. The number of hydrogen-bond donors (Lipinski definition) is 0. The van der Waals surface area contributed by atoms with Crippen LogP contribution in [0.3, 0.4) is 0 Å². The molecule has 228 valence electrons. The molecule has 3 aliphatic rings. The molecule has 7 atom stereocenters. The van der Waals surface area contributed by atoms with E-state index >= 15 is 0 Å². The number of esters is 1. The van der Waals surface area contributed by atoms with E-state index in [1.807, 2.05) is 6.08 Å². The van der Waals surface area contributed by atoms with Gasteiger partial charge in [-0.3, -0.25) is 9.59 Å². The van der Waals surface area contributed by atoms with Crippen LogP contribution in [0.2, 0.25) is 0 Å². The molecule has 1 saturated carbocycles. The first-order valence-corrected chi connectivity index (χ1v) is 15.7. The highest BCUT2D eigenvalue weighted by molar-refractivity contribution is 5.69. The minimum atomic E-state index is -0.217. The second-order valence-electron chi connectivity index (χ2n) is 11.2. The maximum atomic E-state index is 11.5. The van der Waals surface area contributed by atoms with Crippen molar-refractivity contribution >= 4 is 12.4 Å². The Morgan fingerprint density at radius 2 is 1.73 bits per heavy atom. The van der Waals surface area contributed by atoms with Crippen molar-refractivity contribution in [2.75, 3.05) is 20.3 Å². The normalized spacial score (nSPS) is 30.1. The first kappa shape index (κ1) is 32.8. The van der Waals surface area contributed by atoms with Crippen molar-refractivity contribution in [2.45, 2.75) is 134 Å². The fourth-order valence-corrected chi connectivity index (χ4v) is 6.02. The quantitative estimate of drug-likeness (QED) is 0.0816. The fraction of sp³-hybridized carbons (Fsp3) is 0.812. The van der Waals surface area contributed by atoms with E-state index in [-0.39, 0.29) is 48.7 Å². The molecular weight excluding hydrogens is 512 g/mol. The molecule has 0 aromatic rings. The predicted molar refractivity (Wildman–Crippen MR) is 152 cm³/mol. The second-order valence-corrected chi connectivity index (χ2v) is 11.2. The summed E-state index contributed by atoms with van der Waals surface area (Å²) in [5, 5.41) is 0. The van der Waals surface area contributed by atoms with Gasteiger partial charge in [0.2, 0.25) is 0 Å². The molecule has 8 nitrogen and oxygen atoms in total. The summed E-state index contributed by atoms with van der Waals surface area (Å²) in [6.45, 7) is 4.27. The van der Waals surface area contributed by atoms with Crippen LogP contribution in [0.15, 0.2) is 24.3 Å². The lowest BCUT2D eigenvalue weighted by Crippen LogP contribution is -2.31. The van der Waals surface area contributed by atoms with Crippen LogP contribution in [0.25, 0.3) is 0 Å². The van der Waals surface area contributed by atoms with Gasteiger partial charge in [0, 0.05) is 37.9 Å². The van der Waals surface area contributed by atoms with E-state index in [1.54, 1.807) is 0 Å². The topological polar surface area (TPSA) is 89.5 Å². The molecule has 0 bridgehead atoms. The molecule has 0 spiro atoms. The zero-order chi connectivity index (χ0) is 28.4. The smallest absolute Gasteiger partial charge is 0.305 e. The minimum absolute atomic E-state index is 0.0221. The third-order valence-electron chi connectivity index (χ3n) is 8.24. The van der Waals surface area contributed by atoms with E-state index < -0.39 is 0 Å². The summed E-state index contributed by atoms with van der Waals surface area (Å²) in [5.74, 6) is -0.0182. The maximum absolute atomic E-state index is 11.5. The Labute approximate surface area is 241 Å². The third kappa shape index (κ3) is 11.6. The lowest BCUT2D eigenvalue weighted by Gasteiger charge is -2.30. The summed E-state index contributed by atoms with van der Waals surface area (Å²) < 4.78 is 35.1. The van der Waals surface area contributed by atoms with E-state index in [4.69, 9.17) is 28.4 Å². The first-order valence-electron chi connectivity index (χ1n) is 15.7. The van der Waals surface area contributed by atoms with E-state index in [1.165, 1.54) is 13.5 Å². The van der Waals surface area contributed by atoms with E-state index in [0.29, 0.717) is 25.7 Å². The molecule has 2 heterocycles. The van der Waals surface area contributed by atoms with Gasteiger partial charge in [0.15, 0.2) is 12.6 Å². The van der Waals surface area contributed by atoms with Gasteiger partial charge < -0.3 is 28.4 Å². The number of ether oxygens (including phenoxy) is 6. The molecule has 3 fully saturated rings. The Hall–Kier alpha value is -1.74. The van der Waals surface area contributed by atoms with E-state index in [0.717, 1.165) is 83.8 Å². The minimum Gasteiger partial charge on any atom is -0.469 e. The molecule has 0 amide bonds. The molecule has 0 radical (unpaired) electrons. The number of hydrogen-bond acceptors (Lipinski definition) is 8. The lowest BCUT2D eigenvalue weighted by atomic mass is 9.88. The summed E-state index contributed by atoms with van der Waals surface area (Å²) in [6, 6.07) is 0. The van der Waals surface area contributed by atoms with Gasteiger partial charge in [0.25, 0.3) is 6.47 Å². The summed E-state index contributed by atoms with van der Waals surface area (Å²) in [5.41, 5.74) is 0. The summed E-state index contributed by atoms with van der Waals surface area (Å²) >= 11 is 0. The van der Waals surface area contributed by atoms with E-state index in [2.05, 4.69) is 25.2 Å². The lowest BCUT2D eigenvalue weighted by molar-refractivity contribution is -0.193. The van der Waals surface area contributed by atoms with Gasteiger partial charge in [-0.05, 0) is 64.2 Å². The summed E-state index contributed by atoms with van der Waals surface area (Å²) in [7, 11) is 1.41. The van der Waals surface area contributed by atoms with Crippen LogP contribution in [-0.2, 0) is 38.0 Å². The van der Waals surface area contributed by atoms with Crippen molar-refractivity contribution in [1.29, 1.82) is 0 Å². The highest BCUT2D eigenvalue weighted by Crippen LogP contribution is 2.41. The molecule has 2 saturated heterocycles. The van der Waals surface area contributed by atoms with Crippen molar-refractivity contribution in [2.24, 2.45) is 11.8 Å². The highest BCUT2D eigenvalue weighted by atomic mass is 16.7. The Kier molecular flexibility index (Phi) is 15.9. The van der Waals surface area contributed by atoms with Crippen LogP contribution >= 0.6 is 0 Å². The van der Waals surface area contributed by atoms with Crippen LogP contribution in [0, 0.1) is 11.8 Å². The molecule has 1 aliphatic carbocycles. The Bertz CT molecular complexity index is 756. The second kappa shape index (κ2) is 19.4. The van der Waals surface area contributed by atoms with Gasteiger partial charge in [-0.2, -0.15) is 0 Å². The fourth-order valence-electron chi connectivity index (χ4n) is 6.02. The molecule has 0 aromatic heterocycles. The molecule has 5 unspecified atom stereocenters. The number of allylic oxidation sites excluding steroid dienone is 2. The molecular formula is C32H52O8. The number of rotatable bonds is 18. The van der Waals surface area contributed by atoms with Gasteiger partial charge in [-0.15, -0.1) is 0 Å². The van der Waals surface area contributed by atoms with Crippen molar-refractivity contribution in [3.8, 4) is 0 Å². The van der Waals surface area contributed by atoms with Gasteiger partial charge in [-0.1, -0.05) is 50.5 Å². The predicted octanol–water partition coefficient (Wildman–Crippen LogP) is 6.41. The number of unbranched alkanes of at least 4 members (excludes halogenated alkanes) is 2. The molecule has 2 aliphatic heterocycles. The monoisotopic (exact) mass is 564 g/mol. The van der Waals surface area contributed by atoms with Gasteiger partial charge >= 0.3 is 5.97 Å². The van der Waals surface area contributed by atoms with Crippen LogP contribution in [0.5, 0.6) is 0 Å². The van der Waals surface area contributed by atoms with Gasteiger partial charge in [0.05, 0.1) is 19.3 Å². The molecule has 40 heavy (non-hydrogen) atoms. The maximum Gasteiger partial charge on any atom is 0.305 e. The van der Waals surface area contributed by atoms with Crippen molar-refractivity contribution in [3.63, 3.8) is 0 Å². The molecule has 0 aromatic carbocycles. The Morgan fingerprint density at radius 1 is 0.975 bits per heavy atom. The highest BCUT2D eigenvalue weighted by Gasteiger charge is 2.44. The van der Waals surface area contributed by atoms with E-state index in [9.17, 15) is 9.59 Å². The number of methoxy groups -OCH3 is 1. The molecule has 3 rings (SSSR count). The number of carbonyl (C=O) groups excluding carboxylic acids is 2. The zero-order valence-corrected chi connectivity index (χ0v) is 24.7. The summed E-state index contributed by atoms with van der Waals surface area (Å²) in [6.07, 6.45) is 21.9. The SMILES string of the molecule is CCCCCC(C=C[C@H]1C(OC2CCCCO2)CC(OC=O)[C@@H]1CCC=CCCC(=O)OC)OC1CCCCO1. The average molecular weight is 565 g/mol. The van der Waals surface area contributed by atoms with Crippen molar-refractivity contribution in [1.82, 2.24) is 0 Å².